The van der Waals surface area contributed by atoms with Crippen molar-refractivity contribution >= 4 is 23.2 Å². The first-order valence-corrected chi connectivity index (χ1v) is 8.68. The predicted molar refractivity (Wildman–Crippen MR) is 86.3 cm³/mol. The largest absolute Gasteiger partial charge is 0.369 e. The fourth-order valence-electron chi connectivity index (χ4n) is 2.71. The molecule has 122 valence electrons. The molecule has 1 aliphatic rings. The lowest BCUT2D eigenvalue weighted by molar-refractivity contribution is -0.124. The Morgan fingerprint density at radius 1 is 1.50 bits per heavy atom. The van der Waals surface area contributed by atoms with Gasteiger partial charge in [0.2, 0.25) is 11.8 Å². The van der Waals surface area contributed by atoms with Crippen LogP contribution in [0.4, 0.5) is 0 Å². The van der Waals surface area contributed by atoms with Crippen molar-refractivity contribution in [1.82, 2.24) is 15.2 Å². The summed E-state index contributed by atoms with van der Waals surface area (Å²) < 4.78 is 0. The molecule has 7 heteroatoms. The highest BCUT2D eigenvalue weighted by Crippen LogP contribution is 2.19. The number of aromatic nitrogens is 1. The summed E-state index contributed by atoms with van der Waals surface area (Å²) in [4.78, 5) is 29.7. The number of nitrogens with two attached hydrogens (primary N) is 1. The van der Waals surface area contributed by atoms with Crippen molar-refractivity contribution in [1.29, 1.82) is 0 Å². The molecule has 1 aromatic heterocycles. The molecule has 2 rings (SSSR count). The van der Waals surface area contributed by atoms with Crippen molar-refractivity contribution < 1.29 is 9.59 Å². The van der Waals surface area contributed by atoms with Crippen LogP contribution >= 0.6 is 11.3 Å². The second kappa shape index (κ2) is 8.24. The van der Waals surface area contributed by atoms with Gasteiger partial charge in [-0.3, -0.25) is 9.59 Å². The number of rotatable bonds is 7. The zero-order chi connectivity index (χ0) is 15.9. The molecule has 1 aromatic rings. The summed E-state index contributed by atoms with van der Waals surface area (Å²) in [6.07, 6.45) is 4.67. The zero-order valence-electron chi connectivity index (χ0n) is 13.0. The van der Waals surface area contributed by atoms with Gasteiger partial charge in [0.1, 0.15) is 5.01 Å². The van der Waals surface area contributed by atoms with E-state index in [1.807, 2.05) is 12.3 Å². The van der Waals surface area contributed by atoms with Crippen LogP contribution in [0.1, 0.15) is 43.7 Å². The van der Waals surface area contributed by atoms with Gasteiger partial charge in [0.05, 0.1) is 6.04 Å². The normalized spacial score (nSPS) is 18.0. The number of nitrogens with zero attached hydrogens (tertiary/aromatic N) is 2. The van der Waals surface area contributed by atoms with E-state index in [4.69, 9.17) is 5.73 Å². The lowest BCUT2D eigenvalue weighted by atomic mass is 9.96. The number of primary amides is 1. The molecular formula is C15H24N4O2S. The second-order valence-electron chi connectivity index (χ2n) is 5.67. The fourth-order valence-corrected chi connectivity index (χ4v) is 3.48. The topological polar surface area (TPSA) is 88.3 Å². The van der Waals surface area contributed by atoms with Crippen molar-refractivity contribution in [3.8, 4) is 0 Å². The number of piperidine rings is 1. The maximum Gasteiger partial charge on any atom is 0.221 e. The van der Waals surface area contributed by atoms with E-state index in [2.05, 4.69) is 15.2 Å². The second-order valence-corrected chi connectivity index (χ2v) is 6.59. The summed E-state index contributed by atoms with van der Waals surface area (Å²) in [5.74, 6) is -0.148. The van der Waals surface area contributed by atoms with Gasteiger partial charge in [0.25, 0.3) is 0 Å². The molecule has 1 fully saturated rings. The van der Waals surface area contributed by atoms with E-state index < -0.39 is 0 Å². The van der Waals surface area contributed by atoms with Gasteiger partial charge >= 0.3 is 0 Å². The van der Waals surface area contributed by atoms with Crippen molar-refractivity contribution in [2.24, 2.45) is 11.7 Å². The third-order valence-corrected chi connectivity index (χ3v) is 5.03. The monoisotopic (exact) mass is 324 g/mol. The molecule has 0 bridgehead atoms. The number of hydrogen-bond acceptors (Lipinski definition) is 5. The van der Waals surface area contributed by atoms with E-state index in [9.17, 15) is 9.59 Å². The van der Waals surface area contributed by atoms with Gasteiger partial charge < -0.3 is 16.0 Å². The van der Waals surface area contributed by atoms with E-state index >= 15 is 0 Å². The minimum absolute atomic E-state index is 0.000508. The van der Waals surface area contributed by atoms with Crippen LogP contribution in [0, 0.1) is 5.92 Å². The Labute approximate surface area is 135 Å². The van der Waals surface area contributed by atoms with Gasteiger partial charge in [0, 0.05) is 30.5 Å². The van der Waals surface area contributed by atoms with Crippen molar-refractivity contribution in [2.75, 3.05) is 19.6 Å². The molecule has 2 amide bonds. The maximum absolute atomic E-state index is 12.1. The maximum atomic E-state index is 12.1. The summed E-state index contributed by atoms with van der Waals surface area (Å²) in [7, 11) is 0. The first-order valence-electron chi connectivity index (χ1n) is 7.80. The number of carbonyl (C=O) groups is 2. The summed E-state index contributed by atoms with van der Waals surface area (Å²) >= 11 is 1.57. The number of nitrogens with one attached hydrogen (secondary N) is 1. The van der Waals surface area contributed by atoms with E-state index in [-0.39, 0.29) is 23.8 Å². The van der Waals surface area contributed by atoms with Crippen LogP contribution in [-0.2, 0) is 9.59 Å². The van der Waals surface area contributed by atoms with Crippen LogP contribution in [-0.4, -0.2) is 41.3 Å². The minimum Gasteiger partial charge on any atom is -0.369 e. The van der Waals surface area contributed by atoms with Crippen LogP contribution in [0.2, 0.25) is 0 Å². The number of hydrogen-bond donors (Lipinski definition) is 2. The molecule has 0 saturated carbocycles. The average Bonchev–Trinajstić information content (AvgIpc) is 3.05. The van der Waals surface area contributed by atoms with Crippen LogP contribution in [0.15, 0.2) is 11.6 Å². The van der Waals surface area contributed by atoms with Gasteiger partial charge in [-0.05, 0) is 32.4 Å². The Morgan fingerprint density at radius 3 is 2.77 bits per heavy atom. The molecule has 1 aliphatic heterocycles. The number of carbonyl (C=O) groups excluding carboxylic acids is 2. The van der Waals surface area contributed by atoms with E-state index in [0.29, 0.717) is 6.42 Å². The molecule has 0 unspecified atom stereocenters. The van der Waals surface area contributed by atoms with Gasteiger partial charge in [-0.1, -0.05) is 6.92 Å². The molecule has 0 aliphatic carbocycles. The summed E-state index contributed by atoms with van der Waals surface area (Å²) in [5.41, 5.74) is 5.32. The first kappa shape index (κ1) is 16.9. The van der Waals surface area contributed by atoms with Crippen LogP contribution in [0.25, 0.3) is 0 Å². The average molecular weight is 324 g/mol. The van der Waals surface area contributed by atoms with Crippen molar-refractivity contribution in [3.05, 3.63) is 16.6 Å². The molecule has 0 spiro atoms. The Bertz CT molecular complexity index is 484. The fraction of sp³-hybridized carbons (Fsp3) is 0.667. The lowest BCUT2D eigenvalue weighted by Crippen LogP contribution is -2.40. The third kappa shape index (κ3) is 4.78. The van der Waals surface area contributed by atoms with Crippen molar-refractivity contribution in [3.63, 3.8) is 0 Å². The lowest BCUT2D eigenvalue weighted by Gasteiger charge is -2.30. The van der Waals surface area contributed by atoms with Crippen LogP contribution in [0.3, 0.4) is 0 Å². The molecule has 1 atom stereocenters. The van der Waals surface area contributed by atoms with E-state index in [1.54, 1.807) is 17.5 Å². The Kier molecular flexibility index (Phi) is 6.33. The Balaban J connectivity index is 1.71. The number of likely N-dealkylation sites (tertiary alicyclic amines) is 1. The SMILES string of the molecule is CC[C@H](NC(=O)CCN1CCC(C(N)=O)CC1)c1nccs1. The van der Waals surface area contributed by atoms with Gasteiger partial charge in [0.15, 0.2) is 0 Å². The molecule has 22 heavy (non-hydrogen) atoms. The zero-order valence-corrected chi connectivity index (χ0v) is 13.8. The van der Waals surface area contributed by atoms with Crippen LogP contribution < -0.4 is 11.1 Å². The Hall–Kier alpha value is -1.47. The summed E-state index contributed by atoms with van der Waals surface area (Å²) in [6, 6.07) is 0.00750. The first-order chi connectivity index (χ1) is 10.6. The Morgan fingerprint density at radius 2 is 2.23 bits per heavy atom. The van der Waals surface area contributed by atoms with E-state index in [1.165, 1.54) is 0 Å². The number of amides is 2. The summed E-state index contributed by atoms with van der Waals surface area (Å²) in [6.45, 7) is 4.45. The molecule has 3 N–H and O–H groups in total. The standard InChI is InChI=1S/C15H24N4O2S/c1-2-12(15-17-6-10-22-15)18-13(20)5-9-19-7-3-11(4-8-19)14(16)21/h6,10-12H,2-5,7-9H2,1H3,(H2,16,21)(H,18,20)/t12-/m0/s1. The highest BCUT2D eigenvalue weighted by molar-refractivity contribution is 7.09. The van der Waals surface area contributed by atoms with Crippen LogP contribution in [0.5, 0.6) is 0 Å². The van der Waals surface area contributed by atoms with Crippen molar-refractivity contribution in [2.45, 2.75) is 38.6 Å². The smallest absolute Gasteiger partial charge is 0.221 e. The minimum atomic E-state index is -0.202. The van der Waals surface area contributed by atoms with E-state index in [0.717, 1.165) is 43.9 Å². The van der Waals surface area contributed by atoms with Gasteiger partial charge in [-0.2, -0.15) is 0 Å². The highest BCUT2D eigenvalue weighted by Gasteiger charge is 2.23. The summed E-state index contributed by atoms with van der Waals surface area (Å²) in [5, 5.41) is 5.92. The highest BCUT2D eigenvalue weighted by atomic mass is 32.1. The van der Waals surface area contributed by atoms with Gasteiger partial charge in [-0.15, -0.1) is 11.3 Å². The molecule has 6 nitrogen and oxygen atoms in total. The number of thiazole rings is 1. The molecule has 1 saturated heterocycles. The molecule has 0 radical (unpaired) electrons. The quantitative estimate of drug-likeness (QED) is 0.791. The third-order valence-electron chi connectivity index (χ3n) is 4.14. The molecular weight excluding hydrogens is 300 g/mol. The van der Waals surface area contributed by atoms with Gasteiger partial charge in [-0.25, -0.2) is 4.98 Å². The molecule has 2 heterocycles. The predicted octanol–water partition coefficient (Wildman–Crippen LogP) is 1.30. The molecule has 0 aromatic carbocycles.